The summed E-state index contributed by atoms with van der Waals surface area (Å²) < 4.78 is 21.9. The second-order valence-corrected chi connectivity index (χ2v) is 10.5. The van der Waals surface area contributed by atoms with Gasteiger partial charge in [0.2, 0.25) is 12.2 Å². The maximum atomic E-state index is 13.6. The minimum atomic E-state index is -2.09. The minimum absolute atomic E-state index is 0.0989. The third-order valence-corrected chi connectivity index (χ3v) is 7.12. The van der Waals surface area contributed by atoms with E-state index >= 15 is 0 Å². The number of nitrogens with one attached hydrogen (secondary N) is 2. The van der Waals surface area contributed by atoms with Crippen LogP contribution >= 0.6 is 0 Å². The van der Waals surface area contributed by atoms with E-state index in [1.54, 1.807) is 72.8 Å². The van der Waals surface area contributed by atoms with Gasteiger partial charge < -0.3 is 18.9 Å². The number of carbonyl (C=O) groups excluding carboxylic acids is 4. The van der Waals surface area contributed by atoms with Crippen LogP contribution in [-0.2, 0) is 19.1 Å². The average Bonchev–Trinajstić information content (AvgIpc) is 3.10. The van der Waals surface area contributed by atoms with E-state index in [0.717, 1.165) is 21.5 Å². The number of esters is 2. The number of hydrogen-bond donors (Lipinski definition) is 2. The number of anilines is 2. The van der Waals surface area contributed by atoms with Crippen molar-refractivity contribution >= 4 is 57.0 Å². The summed E-state index contributed by atoms with van der Waals surface area (Å²) in [5.41, 5.74) is 0.708. The summed E-state index contributed by atoms with van der Waals surface area (Å²) in [5, 5.41) is 8.68. The van der Waals surface area contributed by atoms with Crippen molar-refractivity contribution in [2.24, 2.45) is 0 Å². The lowest BCUT2D eigenvalue weighted by Gasteiger charge is -2.24. The maximum Gasteiger partial charge on any atom is 0.412 e. The summed E-state index contributed by atoms with van der Waals surface area (Å²) in [6.45, 7) is 0. The molecule has 0 spiro atoms. The van der Waals surface area contributed by atoms with Crippen LogP contribution in [0.15, 0.2) is 146 Å². The van der Waals surface area contributed by atoms with Crippen molar-refractivity contribution in [1.82, 2.24) is 0 Å². The van der Waals surface area contributed by atoms with Crippen molar-refractivity contribution in [2.45, 2.75) is 12.2 Å². The van der Waals surface area contributed by atoms with Crippen molar-refractivity contribution in [3.05, 3.63) is 146 Å². The molecule has 0 heterocycles. The second kappa shape index (κ2) is 14.6. The molecule has 6 aromatic carbocycles. The van der Waals surface area contributed by atoms with Gasteiger partial charge in [0, 0.05) is 11.4 Å². The molecule has 2 amide bonds. The molecular formula is C38H28N2O8. The summed E-state index contributed by atoms with van der Waals surface area (Å²) in [4.78, 5) is 53.7. The lowest BCUT2D eigenvalue weighted by molar-refractivity contribution is -0.162. The number of para-hydroxylation sites is 2. The van der Waals surface area contributed by atoms with Crippen LogP contribution in [0.1, 0.15) is 0 Å². The Morgan fingerprint density at radius 1 is 0.417 bits per heavy atom. The zero-order valence-corrected chi connectivity index (χ0v) is 25.3. The van der Waals surface area contributed by atoms with E-state index in [-0.39, 0.29) is 11.5 Å². The van der Waals surface area contributed by atoms with Crippen molar-refractivity contribution in [2.75, 3.05) is 10.6 Å². The topological polar surface area (TPSA) is 129 Å². The van der Waals surface area contributed by atoms with Gasteiger partial charge in [0.15, 0.2) is 0 Å². The molecule has 0 saturated carbocycles. The largest absolute Gasteiger partial charge is 0.429 e. The van der Waals surface area contributed by atoms with E-state index in [9.17, 15) is 19.2 Å². The standard InChI is InChI=1S/C38H28N2O8/c41-35(45-31-15-3-1-4-16-31)33(47-37(43)39-29-21-19-25-11-7-9-13-27(25)23-29)34(36(42)46-32-17-5-2-6-18-32)48-38(44)40-30-22-20-26-12-8-10-14-28(26)24-30/h1-24,33-34H,(H,39,43)(H,40,44). The fraction of sp³-hybridized carbons (Fsp3) is 0.0526. The number of amides is 2. The molecule has 0 aliphatic rings. The van der Waals surface area contributed by atoms with Crippen LogP contribution in [0.3, 0.4) is 0 Å². The molecule has 0 aliphatic carbocycles. The van der Waals surface area contributed by atoms with Gasteiger partial charge >= 0.3 is 24.1 Å². The highest BCUT2D eigenvalue weighted by molar-refractivity contribution is 5.96. The van der Waals surface area contributed by atoms with Gasteiger partial charge in [0.05, 0.1) is 0 Å². The Balaban J connectivity index is 1.29. The Morgan fingerprint density at radius 3 is 1.17 bits per heavy atom. The van der Waals surface area contributed by atoms with Gasteiger partial charge in [-0.3, -0.25) is 10.6 Å². The summed E-state index contributed by atoms with van der Waals surface area (Å²) in [6, 6.07) is 41.2. The highest BCUT2D eigenvalue weighted by Gasteiger charge is 2.43. The monoisotopic (exact) mass is 640 g/mol. The number of carbonyl (C=O) groups is 4. The van der Waals surface area contributed by atoms with E-state index in [1.165, 1.54) is 24.3 Å². The maximum absolute atomic E-state index is 13.6. The van der Waals surface area contributed by atoms with E-state index in [0.29, 0.717) is 11.4 Å². The summed E-state index contributed by atoms with van der Waals surface area (Å²) >= 11 is 0. The summed E-state index contributed by atoms with van der Waals surface area (Å²) in [5.74, 6) is -2.18. The van der Waals surface area contributed by atoms with Crippen molar-refractivity contribution < 1.29 is 38.1 Å². The number of ether oxygens (including phenoxy) is 4. The average molecular weight is 641 g/mol. The summed E-state index contributed by atoms with van der Waals surface area (Å²) in [6.07, 6.45) is -6.42. The molecule has 48 heavy (non-hydrogen) atoms. The van der Waals surface area contributed by atoms with Crippen molar-refractivity contribution in [3.8, 4) is 11.5 Å². The number of fused-ring (bicyclic) bond motifs is 2. The SMILES string of the molecule is O=C(Nc1ccc2ccccc2c1)OC(C(=O)Oc1ccccc1)C(OC(=O)Nc1ccc2ccccc2c1)C(=O)Oc1ccccc1. The number of rotatable bonds is 9. The van der Waals surface area contributed by atoms with Crippen LogP contribution in [0, 0.1) is 0 Å². The van der Waals surface area contributed by atoms with Crippen LogP contribution in [0.5, 0.6) is 11.5 Å². The first-order valence-corrected chi connectivity index (χ1v) is 14.9. The Kier molecular flexibility index (Phi) is 9.53. The van der Waals surface area contributed by atoms with Gasteiger partial charge in [-0.1, -0.05) is 97.1 Å². The smallest absolute Gasteiger partial charge is 0.412 e. The zero-order valence-electron chi connectivity index (χ0n) is 25.3. The van der Waals surface area contributed by atoms with Crippen LogP contribution < -0.4 is 20.1 Å². The lowest BCUT2D eigenvalue weighted by atomic mass is 10.1. The van der Waals surface area contributed by atoms with Gasteiger partial charge in [-0.25, -0.2) is 19.2 Å². The molecule has 0 bridgehead atoms. The molecule has 0 radical (unpaired) electrons. The van der Waals surface area contributed by atoms with E-state index < -0.39 is 36.3 Å². The fourth-order valence-electron chi connectivity index (χ4n) is 4.85. The second-order valence-electron chi connectivity index (χ2n) is 10.5. The highest BCUT2D eigenvalue weighted by Crippen LogP contribution is 2.23. The van der Waals surface area contributed by atoms with Crippen LogP contribution in [0.25, 0.3) is 21.5 Å². The Bertz CT molecular complexity index is 1930. The third kappa shape index (κ3) is 7.93. The van der Waals surface area contributed by atoms with E-state index in [2.05, 4.69) is 10.6 Å². The predicted octanol–water partition coefficient (Wildman–Crippen LogP) is 7.74. The Morgan fingerprint density at radius 2 is 0.771 bits per heavy atom. The van der Waals surface area contributed by atoms with Gasteiger partial charge in [-0.05, 0) is 70.1 Å². The first-order chi connectivity index (χ1) is 23.4. The molecule has 2 unspecified atom stereocenters. The third-order valence-electron chi connectivity index (χ3n) is 7.12. The first-order valence-electron chi connectivity index (χ1n) is 14.9. The molecule has 0 saturated heterocycles. The lowest BCUT2D eigenvalue weighted by Crippen LogP contribution is -2.50. The molecule has 2 atom stereocenters. The highest BCUT2D eigenvalue weighted by atomic mass is 16.6. The Labute approximate surface area is 274 Å². The van der Waals surface area contributed by atoms with E-state index in [1.807, 2.05) is 48.5 Å². The van der Waals surface area contributed by atoms with Gasteiger partial charge in [-0.15, -0.1) is 0 Å². The minimum Gasteiger partial charge on any atom is -0.429 e. The zero-order chi connectivity index (χ0) is 33.3. The van der Waals surface area contributed by atoms with Crippen molar-refractivity contribution in [1.29, 1.82) is 0 Å². The molecule has 10 heteroatoms. The molecule has 6 aromatic rings. The summed E-state index contributed by atoms with van der Waals surface area (Å²) in [7, 11) is 0. The normalized spacial score (nSPS) is 11.9. The molecule has 10 nitrogen and oxygen atoms in total. The molecule has 0 aromatic heterocycles. The van der Waals surface area contributed by atoms with E-state index in [4.69, 9.17) is 18.9 Å². The molecular weight excluding hydrogens is 612 g/mol. The molecule has 0 fully saturated rings. The molecule has 2 N–H and O–H groups in total. The fourth-order valence-corrected chi connectivity index (χ4v) is 4.85. The van der Waals surface area contributed by atoms with Gasteiger partial charge in [0.1, 0.15) is 11.5 Å². The van der Waals surface area contributed by atoms with Crippen LogP contribution in [-0.4, -0.2) is 36.3 Å². The Hall–Kier alpha value is -6.68. The molecule has 6 rings (SSSR count). The quantitative estimate of drug-likeness (QED) is 0.121. The van der Waals surface area contributed by atoms with Crippen molar-refractivity contribution in [3.63, 3.8) is 0 Å². The number of benzene rings is 6. The van der Waals surface area contributed by atoms with Crippen LogP contribution in [0.4, 0.5) is 21.0 Å². The van der Waals surface area contributed by atoms with Gasteiger partial charge in [-0.2, -0.15) is 0 Å². The first kappa shape index (κ1) is 31.3. The van der Waals surface area contributed by atoms with Crippen LogP contribution in [0.2, 0.25) is 0 Å². The number of hydrogen-bond acceptors (Lipinski definition) is 8. The predicted molar refractivity (Wildman–Crippen MR) is 180 cm³/mol. The van der Waals surface area contributed by atoms with Gasteiger partial charge in [0.25, 0.3) is 0 Å². The molecule has 238 valence electrons. The molecule has 0 aliphatic heterocycles.